The lowest BCUT2D eigenvalue weighted by molar-refractivity contribution is 0.298. The van der Waals surface area contributed by atoms with Gasteiger partial charge >= 0.3 is 0 Å². The summed E-state index contributed by atoms with van der Waals surface area (Å²) in [5.41, 5.74) is 3.81. The summed E-state index contributed by atoms with van der Waals surface area (Å²) in [5.74, 6) is 0.786. The fourth-order valence-corrected chi connectivity index (χ4v) is 2.19. The summed E-state index contributed by atoms with van der Waals surface area (Å²) in [4.78, 5) is 0. The molecule has 1 N–H and O–H groups in total. The van der Waals surface area contributed by atoms with Crippen LogP contribution < -0.4 is 4.74 Å². The van der Waals surface area contributed by atoms with Crippen molar-refractivity contribution in [2.75, 3.05) is 6.61 Å². The first-order chi connectivity index (χ1) is 8.88. The van der Waals surface area contributed by atoms with E-state index in [1.807, 2.05) is 36.4 Å². The molecule has 1 aliphatic rings. The molecule has 0 aliphatic carbocycles. The zero-order chi connectivity index (χ0) is 12.4. The zero-order valence-corrected chi connectivity index (χ0v) is 9.84. The van der Waals surface area contributed by atoms with Crippen molar-refractivity contribution in [1.29, 1.82) is 0 Å². The van der Waals surface area contributed by atoms with Gasteiger partial charge in [-0.15, -0.1) is 0 Å². The SMILES string of the molecule is O/N=C1\CCOc2ccc(-c3ccccc3)cc21. The average Bonchev–Trinajstić information content (AvgIpc) is 2.47. The Balaban J connectivity index is 2.10. The first kappa shape index (κ1) is 10.8. The third-order valence-corrected chi connectivity index (χ3v) is 3.11. The number of nitrogens with zero attached hydrogens (tertiary/aromatic N) is 1. The van der Waals surface area contributed by atoms with Crippen LogP contribution in [0.3, 0.4) is 0 Å². The number of hydrogen-bond acceptors (Lipinski definition) is 3. The summed E-state index contributed by atoms with van der Waals surface area (Å²) in [7, 11) is 0. The van der Waals surface area contributed by atoms with Gasteiger partial charge in [-0.2, -0.15) is 0 Å². The van der Waals surface area contributed by atoms with Gasteiger partial charge in [-0.25, -0.2) is 0 Å². The molecule has 0 atom stereocenters. The highest BCUT2D eigenvalue weighted by atomic mass is 16.5. The second-order valence-electron chi connectivity index (χ2n) is 4.22. The molecule has 0 unspecified atom stereocenters. The summed E-state index contributed by atoms with van der Waals surface area (Å²) in [6.45, 7) is 0.567. The maximum absolute atomic E-state index is 9.03. The van der Waals surface area contributed by atoms with Crippen LogP contribution >= 0.6 is 0 Å². The fraction of sp³-hybridized carbons (Fsp3) is 0.133. The summed E-state index contributed by atoms with van der Waals surface area (Å²) < 4.78 is 5.55. The Morgan fingerprint density at radius 2 is 1.83 bits per heavy atom. The Morgan fingerprint density at radius 1 is 1.00 bits per heavy atom. The first-order valence-electron chi connectivity index (χ1n) is 5.92. The van der Waals surface area contributed by atoms with Crippen LogP contribution in [-0.4, -0.2) is 17.5 Å². The molecule has 18 heavy (non-hydrogen) atoms. The second-order valence-corrected chi connectivity index (χ2v) is 4.22. The maximum Gasteiger partial charge on any atom is 0.128 e. The topological polar surface area (TPSA) is 41.8 Å². The molecule has 2 aromatic rings. The van der Waals surface area contributed by atoms with Crippen molar-refractivity contribution < 1.29 is 9.94 Å². The van der Waals surface area contributed by atoms with E-state index in [4.69, 9.17) is 9.94 Å². The van der Waals surface area contributed by atoms with Crippen LogP contribution in [0.2, 0.25) is 0 Å². The third-order valence-electron chi connectivity index (χ3n) is 3.11. The molecule has 0 saturated carbocycles. The van der Waals surface area contributed by atoms with E-state index in [9.17, 15) is 0 Å². The quantitative estimate of drug-likeness (QED) is 0.612. The van der Waals surface area contributed by atoms with Gasteiger partial charge in [-0.3, -0.25) is 0 Å². The molecule has 0 bridgehead atoms. The lowest BCUT2D eigenvalue weighted by atomic mass is 9.98. The first-order valence-corrected chi connectivity index (χ1v) is 5.92. The van der Waals surface area contributed by atoms with E-state index in [0.717, 1.165) is 22.4 Å². The van der Waals surface area contributed by atoms with Crippen molar-refractivity contribution in [3.63, 3.8) is 0 Å². The highest BCUT2D eigenvalue weighted by Crippen LogP contribution is 2.30. The highest BCUT2D eigenvalue weighted by Gasteiger charge is 2.17. The van der Waals surface area contributed by atoms with Gasteiger partial charge in [0.1, 0.15) is 5.75 Å². The van der Waals surface area contributed by atoms with Crippen LogP contribution in [-0.2, 0) is 0 Å². The van der Waals surface area contributed by atoms with E-state index in [1.54, 1.807) is 0 Å². The molecule has 0 fully saturated rings. The Labute approximate surface area is 105 Å². The molecule has 0 saturated heterocycles. The van der Waals surface area contributed by atoms with Gasteiger partial charge in [0.05, 0.1) is 12.3 Å². The largest absolute Gasteiger partial charge is 0.492 e. The van der Waals surface area contributed by atoms with E-state index in [2.05, 4.69) is 17.3 Å². The monoisotopic (exact) mass is 239 g/mol. The molecule has 1 aliphatic heterocycles. The zero-order valence-electron chi connectivity index (χ0n) is 9.84. The van der Waals surface area contributed by atoms with Gasteiger partial charge in [-0.1, -0.05) is 41.6 Å². The maximum atomic E-state index is 9.03. The summed E-state index contributed by atoms with van der Waals surface area (Å²) in [5, 5.41) is 12.4. The van der Waals surface area contributed by atoms with Gasteiger partial charge < -0.3 is 9.94 Å². The minimum absolute atomic E-state index is 0.567. The lowest BCUT2D eigenvalue weighted by Gasteiger charge is -2.18. The number of fused-ring (bicyclic) bond motifs is 1. The van der Waals surface area contributed by atoms with Crippen LogP contribution in [0.15, 0.2) is 53.7 Å². The number of benzene rings is 2. The van der Waals surface area contributed by atoms with Gasteiger partial charge in [0.25, 0.3) is 0 Å². The summed E-state index contributed by atoms with van der Waals surface area (Å²) >= 11 is 0. The molecule has 1 heterocycles. The Bertz CT molecular complexity index is 591. The van der Waals surface area contributed by atoms with E-state index < -0.39 is 0 Å². The van der Waals surface area contributed by atoms with Crippen molar-refractivity contribution in [3.8, 4) is 16.9 Å². The lowest BCUT2D eigenvalue weighted by Crippen LogP contribution is -2.16. The fourth-order valence-electron chi connectivity index (χ4n) is 2.19. The van der Waals surface area contributed by atoms with Crippen LogP contribution in [0.5, 0.6) is 5.75 Å². The van der Waals surface area contributed by atoms with Crippen molar-refractivity contribution in [3.05, 3.63) is 54.1 Å². The van der Waals surface area contributed by atoms with Crippen molar-refractivity contribution in [1.82, 2.24) is 0 Å². The van der Waals surface area contributed by atoms with Gasteiger partial charge in [0.2, 0.25) is 0 Å². The molecule has 90 valence electrons. The van der Waals surface area contributed by atoms with Crippen molar-refractivity contribution in [2.45, 2.75) is 6.42 Å². The summed E-state index contributed by atoms with van der Waals surface area (Å²) in [6, 6.07) is 16.1. The van der Waals surface area contributed by atoms with Crippen LogP contribution in [0, 0.1) is 0 Å². The predicted octanol–water partition coefficient (Wildman–Crippen LogP) is 3.31. The molecule has 3 nitrogen and oxygen atoms in total. The van der Waals surface area contributed by atoms with Gasteiger partial charge in [-0.05, 0) is 23.3 Å². The number of hydrogen-bond donors (Lipinski definition) is 1. The second kappa shape index (κ2) is 4.53. The molecule has 2 aromatic carbocycles. The van der Waals surface area contributed by atoms with E-state index in [0.29, 0.717) is 18.7 Å². The molecule has 3 rings (SSSR count). The average molecular weight is 239 g/mol. The highest BCUT2D eigenvalue weighted by molar-refractivity contribution is 6.04. The van der Waals surface area contributed by atoms with Gasteiger partial charge in [0, 0.05) is 12.0 Å². The minimum Gasteiger partial charge on any atom is -0.492 e. The molecular weight excluding hydrogens is 226 g/mol. The van der Waals surface area contributed by atoms with E-state index in [1.165, 1.54) is 0 Å². The normalized spacial score (nSPS) is 16.1. The molecule has 0 aromatic heterocycles. The van der Waals surface area contributed by atoms with E-state index >= 15 is 0 Å². The Hall–Kier alpha value is -2.29. The number of oxime groups is 1. The smallest absolute Gasteiger partial charge is 0.128 e. The third kappa shape index (κ3) is 1.84. The van der Waals surface area contributed by atoms with Crippen LogP contribution in [0.25, 0.3) is 11.1 Å². The molecular formula is C15H13NO2. The van der Waals surface area contributed by atoms with E-state index in [-0.39, 0.29) is 0 Å². The Morgan fingerprint density at radius 3 is 2.61 bits per heavy atom. The van der Waals surface area contributed by atoms with Gasteiger partial charge in [0.15, 0.2) is 0 Å². The van der Waals surface area contributed by atoms with Crippen LogP contribution in [0.4, 0.5) is 0 Å². The molecule has 0 radical (unpaired) electrons. The number of ether oxygens (including phenoxy) is 1. The predicted molar refractivity (Wildman–Crippen MR) is 70.3 cm³/mol. The van der Waals surface area contributed by atoms with Crippen LogP contribution in [0.1, 0.15) is 12.0 Å². The molecule has 3 heteroatoms. The summed E-state index contributed by atoms with van der Waals surface area (Å²) in [6.07, 6.45) is 0.641. The standard InChI is InChI=1S/C15H13NO2/c17-16-14-8-9-18-15-7-6-12(10-13(14)15)11-4-2-1-3-5-11/h1-7,10,17H,8-9H2/b16-14+. The van der Waals surface area contributed by atoms with Crippen molar-refractivity contribution in [2.24, 2.45) is 5.16 Å². The molecule has 0 spiro atoms. The Kier molecular flexibility index (Phi) is 2.73. The molecule has 0 amide bonds. The minimum atomic E-state index is 0.567. The number of rotatable bonds is 1. The van der Waals surface area contributed by atoms with Crippen molar-refractivity contribution >= 4 is 5.71 Å².